The van der Waals surface area contributed by atoms with Gasteiger partial charge in [0.05, 0.1) is 0 Å². The summed E-state index contributed by atoms with van der Waals surface area (Å²) in [5.41, 5.74) is 5.63. The number of thiocarbonyl (C=S) groups is 1. The topological polar surface area (TPSA) is 85.1 Å². The van der Waals surface area contributed by atoms with Gasteiger partial charge in [-0.25, -0.2) is 13.1 Å². The van der Waals surface area contributed by atoms with E-state index in [4.69, 9.17) is 18.0 Å². The molecule has 0 unspecified atom stereocenters. The maximum absolute atomic E-state index is 12.2. The SMILES string of the molecule is CCC(CC)CNS(=O)(=O)c1cccnc1C(N)=S. The zero-order chi connectivity index (χ0) is 14.5. The van der Waals surface area contributed by atoms with E-state index >= 15 is 0 Å². The summed E-state index contributed by atoms with van der Waals surface area (Å²) in [4.78, 5) is 3.94. The van der Waals surface area contributed by atoms with Crippen molar-refractivity contribution in [3.63, 3.8) is 0 Å². The second-order valence-electron chi connectivity index (χ2n) is 4.25. The Morgan fingerprint density at radius 2 is 2.11 bits per heavy atom. The summed E-state index contributed by atoms with van der Waals surface area (Å²) in [6, 6.07) is 3.00. The number of nitrogens with zero attached hydrogens (tertiary/aromatic N) is 1. The van der Waals surface area contributed by atoms with Crippen molar-refractivity contribution >= 4 is 27.2 Å². The van der Waals surface area contributed by atoms with Crippen LogP contribution in [-0.2, 0) is 10.0 Å². The molecule has 0 atom stereocenters. The molecular weight excluding hydrogens is 282 g/mol. The minimum Gasteiger partial charge on any atom is -0.388 e. The first-order valence-electron chi connectivity index (χ1n) is 6.16. The van der Waals surface area contributed by atoms with Crippen molar-refractivity contribution in [1.29, 1.82) is 0 Å². The first-order chi connectivity index (χ1) is 8.92. The zero-order valence-electron chi connectivity index (χ0n) is 11.1. The van der Waals surface area contributed by atoms with Gasteiger partial charge in [-0.1, -0.05) is 38.9 Å². The van der Waals surface area contributed by atoms with Gasteiger partial charge in [-0.2, -0.15) is 0 Å². The van der Waals surface area contributed by atoms with Crippen molar-refractivity contribution in [3.05, 3.63) is 24.0 Å². The molecule has 1 aromatic rings. The number of aromatic nitrogens is 1. The summed E-state index contributed by atoms with van der Waals surface area (Å²) >= 11 is 4.82. The highest BCUT2D eigenvalue weighted by Gasteiger charge is 2.21. The summed E-state index contributed by atoms with van der Waals surface area (Å²) in [5.74, 6) is 0.319. The Hall–Kier alpha value is -1.05. The van der Waals surface area contributed by atoms with Gasteiger partial charge in [-0.3, -0.25) is 4.98 Å². The first-order valence-corrected chi connectivity index (χ1v) is 8.06. The predicted octanol–water partition coefficient (Wildman–Crippen LogP) is 1.43. The second kappa shape index (κ2) is 6.93. The standard InChI is InChI=1S/C12H19N3O2S2/c1-3-9(4-2)8-15-19(16,17)10-6-5-7-14-11(10)12(13)18/h5-7,9,15H,3-4,8H2,1-2H3,(H2,13,18). The molecule has 0 amide bonds. The number of nitrogens with one attached hydrogen (secondary N) is 1. The van der Waals surface area contributed by atoms with Gasteiger partial charge in [0.1, 0.15) is 15.6 Å². The monoisotopic (exact) mass is 301 g/mol. The number of nitrogens with two attached hydrogens (primary N) is 1. The molecule has 0 bridgehead atoms. The van der Waals surface area contributed by atoms with Crippen molar-refractivity contribution in [2.45, 2.75) is 31.6 Å². The fourth-order valence-corrected chi connectivity index (χ4v) is 3.19. The van der Waals surface area contributed by atoms with Crippen LogP contribution >= 0.6 is 12.2 Å². The van der Waals surface area contributed by atoms with Gasteiger partial charge >= 0.3 is 0 Å². The minimum atomic E-state index is -3.63. The molecule has 3 N–H and O–H groups in total. The molecule has 1 aromatic heterocycles. The highest BCUT2D eigenvalue weighted by molar-refractivity contribution is 7.89. The lowest BCUT2D eigenvalue weighted by atomic mass is 10.0. The summed E-state index contributed by atoms with van der Waals surface area (Å²) < 4.78 is 27.0. The summed E-state index contributed by atoms with van der Waals surface area (Å²) in [6.07, 6.45) is 3.32. The molecule has 0 aliphatic carbocycles. The molecule has 19 heavy (non-hydrogen) atoms. The number of hydrogen-bond acceptors (Lipinski definition) is 4. The predicted molar refractivity (Wildman–Crippen MR) is 79.4 cm³/mol. The van der Waals surface area contributed by atoms with Crippen molar-refractivity contribution in [1.82, 2.24) is 9.71 Å². The van der Waals surface area contributed by atoms with E-state index in [0.717, 1.165) is 12.8 Å². The van der Waals surface area contributed by atoms with Gasteiger partial charge in [-0.05, 0) is 18.1 Å². The van der Waals surface area contributed by atoms with E-state index in [1.165, 1.54) is 12.3 Å². The van der Waals surface area contributed by atoms with Gasteiger partial charge in [0.15, 0.2) is 0 Å². The fraction of sp³-hybridized carbons (Fsp3) is 0.500. The average molecular weight is 301 g/mol. The van der Waals surface area contributed by atoms with Crippen molar-refractivity contribution in [3.8, 4) is 0 Å². The molecule has 5 nitrogen and oxygen atoms in total. The van der Waals surface area contributed by atoms with Crippen molar-refractivity contribution in [2.75, 3.05) is 6.54 Å². The molecule has 7 heteroatoms. The Bertz CT molecular complexity index is 540. The van der Waals surface area contributed by atoms with Crippen LogP contribution in [0.5, 0.6) is 0 Å². The third kappa shape index (κ3) is 4.22. The zero-order valence-corrected chi connectivity index (χ0v) is 12.7. The van der Waals surface area contributed by atoms with Gasteiger partial charge in [-0.15, -0.1) is 0 Å². The normalized spacial score (nSPS) is 11.7. The van der Waals surface area contributed by atoms with E-state index < -0.39 is 10.0 Å². The lowest BCUT2D eigenvalue weighted by Crippen LogP contribution is -2.31. The molecule has 0 aliphatic heterocycles. The van der Waals surface area contributed by atoms with Crippen LogP contribution in [0.1, 0.15) is 32.4 Å². The second-order valence-corrected chi connectivity index (χ2v) is 6.42. The Morgan fingerprint density at radius 1 is 1.47 bits per heavy atom. The lowest BCUT2D eigenvalue weighted by molar-refractivity contribution is 0.479. The average Bonchev–Trinajstić information content (AvgIpc) is 2.39. The Labute approximate surface area is 119 Å². The molecule has 0 spiro atoms. The third-order valence-corrected chi connectivity index (χ3v) is 4.66. The highest BCUT2D eigenvalue weighted by atomic mass is 32.2. The molecule has 106 valence electrons. The summed E-state index contributed by atoms with van der Waals surface area (Å²) in [5, 5.41) is 0. The van der Waals surface area contributed by atoms with Gasteiger partial charge in [0.2, 0.25) is 10.0 Å². The van der Waals surface area contributed by atoms with E-state index in [0.29, 0.717) is 12.5 Å². The molecule has 0 aliphatic rings. The largest absolute Gasteiger partial charge is 0.388 e. The van der Waals surface area contributed by atoms with Crippen LogP contribution < -0.4 is 10.5 Å². The molecule has 0 fully saturated rings. The molecule has 0 aromatic carbocycles. The van der Waals surface area contributed by atoms with E-state index in [2.05, 4.69) is 9.71 Å². The fourth-order valence-electron chi connectivity index (χ4n) is 1.68. The number of sulfonamides is 1. The smallest absolute Gasteiger partial charge is 0.242 e. The van der Waals surface area contributed by atoms with E-state index in [9.17, 15) is 8.42 Å². The molecular formula is C12H19N3O2S2. The van der Waals surface area contributed by atoms with Crippen LogP contribution in [-0.4, -0.2) is 24.9 Å². The van der Waals surface area contributed by atoms with Crippen LogP contribution in [0.25, 0.3) is 0 Å². The maximum atomic E-state index is 12.2. The van der Waals surface area contributed by atoms with Crippen LogP contribution in [0.15, 0.2) is 23.2 Å². The minimum absolute atomic E-state index is 0.0245. The highest BCUT2D eigenvalue weighted by Crippen LogP contribution is 2.14. The quantitative estimate of drug-likeness (QED) is 0.744. The molecule has 0 radical (unpaired) electrons. The van der Waals surface area contributed by atoms with Crippen LogP contribution in [0.2, 0.25) is 0 Å². The summed E-state index contributed by atoms with van der Waals surface area (Å²) in [7, 11) is -3.63. The Morgan fingerprint density at radius 3 is 2.63 bits per heavy atom. The molecule has 1 rings (SSSR count). The van der Waals surface area contributed by atoms with Crippen LogP contribution in [0.3, 0.4) is 0 Å². The van der Waals surface area contributed by atoms with E-state index in [1.807, 2.05) is 13.8 Å². The van der Waals surface area contributed by atoms with Crippen molar-refractivity contribution < 1.29 is 8.42 Å². The van der Waals surface area contributed by atoms with E-state index in [-0.39, 0.29) is 15.6 Å². The van der Waals surface area contributed by atoms with Crippen molar-refractivity contribution in [2.24, 2.45) is 11.7 Å². The maximum Gasteiger partial charge on any atom is 0.242 e. The van der Waals surface area contributed by atoms with Gasteiger partial charge in [0, 0.05) is 12.7 Å². The number of hydrogen-bond donors (Lipinski definition) is 2. The van der Waals surface area contributed by atoms with Crippen LogP contribution in [0.4, 0.5) is 0 Å². The first kappa shape index (κ1) is 16.0. The van der Waals surface area contributed by atoms with Gasteiger partial charge < -0.3 is 5.73 Å². The summed E-state index contributed by atoms with van der Waals surface area (Å²) in [6.45, 7) is 4.47. The third-order valence-electron chi connectivity index (χ3n) is 3.01. The number of rotatable bonds is 7. The van der Waals surface area contributed by atoms with E-state index in [1.54, 1.807) is 6.07 Å². The molecule has 1 heterocycles. The van der Waals surface area contributed by atoms with Crippen LogP contribution in [0, 0.1) is 5.92 Å². The lowest BCUT2D eigenvalue weighted by Gasteiger charge is -2.14. The number of pyridine rings is 1. The molecule has 0 saturated carbocycles. The Kier molecular flexibility index (Phi) is 5.84. The molecule has 0 saturated heterocycles. The van der Waals surface area contributed by atoms with Gasteiger partial charge in [0.25, 0.3) is 0 Å². The Balaban J connectivity index is 2.98.